The van der Waals surface area contributed by atoms with Gasteiger partial charge in [-0.2, -0.15) is 0 Å². The summed E-state index contributed by atoms with van der Waals surface area (Å²) >= 11 is 4.79. The molecule has 1 unspecified atom stereocenters. The SMILES string of the molecule is Cc1ccc(C(NN)c2cccc(Br)c2F)s1. The molecule has 0 radical (unpaired) electrons. The Kier molecular flexibility index (Phi) is 3.93. The average Bonchev–Trinajstić information content (AvgIpc) is 2.72. The molecule has 0 bridgehead atoms. The summed E-state index contributed by atoms with van der Waals surface area (Å²) in [5.74, 6) is 5.26. The number of hydrogen-bond donors (Lipinski definition) is 2. The Morgan fingerprint density at radius 1 is 1.35 bits per heavy atom. The van der Waals surface area contributed by atoms with E-state index in [-0.39, 0.29) is 11.9 Å². The van der Waals surface area contributed by atoms with E-state index in [1.807, 2.05) is 19.1 Å². The van der Waals surface area contributed by atoms with Crippen molar-refractivity contribution in [2.75, 3.05) is 0 Å². The van der Waals surface area contributed by atoms with Crippen molar-refractivity contribution < 1.29 is 4.39 Å². The summed E-state index contributed by atoms with van der Waals surface area (Å²) in [6, 6.07) is 8.86. The highest BCUT2D eigenvalue weighted by atomic mass is 79.9. The van der Waals surface area contributed by atoms with Gasteiger partial charge in [0.2, 0.25) is 0 Å². The molecule has 3 N–H and O–H groups in total. The second-order valence-corrected chi connectivity index (χ2v) is 5.86. The maximum Gasteiger partial charge on any atom is 0.142 e. The number of thiophene rings is 1. The first-order valence-corrected chi connectivity index (χ1v) is 6.71. The van der Waals surface area contributed by atoms with Crippen LogP contribution in [-0.4, -0.2) is 0 Å². The highest BCUT2D eigenvalue weighted by molar-refractivity contribution is 9.10. The smallest absolute Gasteiger partial charge is 0.142 e. The summed E-state index contributed by atoms with van der Waals surface area (Å²) < 4.78 is 14.4. The Hall–Kier alpha value is -0.750. The number of hydrazine groups is 1. The predicted octanol–water partition coefficient (Wildman–Crippen LogP) is 3.51. The van der Waals surface area contributed by atoms with Gasteiger partial charge in [0.15, 0.2) is 0 Å². The number of halogens is 2. The molecule has 0 fully saturated rings. The van der Waals surface area contributed by atoms with E-state index in [0.29, 0.717) is 10.0 Å². The molecule has 1 aromatic heterocycles. The zero-order valence-corrected chi connectivity index (χ0v) is 11.6. The van der Waals surface area contributed by atoms with E-state index in [2.05, 4.69) is 21.4 Å². The number of benzene rings is 1. The summed E-state index contributed by atoms with van der Waals surface area (Å²) in [6.45, 7) is 2.01. The molecule has 2 nitrogen and oxygen atoms in total. The molecule has 0 saturated heterocycles. The highest BCUT2D eigenvalue weighted by Gasteiger charge is 2.19. The van der Waals surface area contributed by atoms with Gasteiger partial charge in [-0.05, 0) is 41.1 Å². The molecule has 1 aromatic carbocycles. The molecule has 0 saturated carbocycles. The van der Waals surface area contributed by atoms with Crippen LogP contribution in [0.15, 0.2) is 34.8 Å². The van der Waals surface area contributed by atoms with Gasteiger partial charge in [0.1, 0.15) is 5.82 Å². The van der Waals surface area contributed by atoms with Crippen LogP contribution in [0.1, 0.15) is 21.4 Å². The fourth-order valence-electron chi connectivity index (χ4n) is 1.68. The Morgan fingerprint density at radius 2 is 2.12 bits per heavy atom. The third-order valence-electron chi connectivity index (χ3n) is 2.50. The summed E-state index contributed by atoms with van der Waals surface area (Å²) in [4.78, 5) is 2.18. The van der Waals surface area contributed by atoms with Gasteiger partial charge in [0, 0.05) is 15.3 Å². The number of rotatable bonds is 3. The lowest BCUT2D eigenvalue weighted by molar-refractivity contribution is 0.560. The van der Waals surface area contributed by atoms with Gasteiger partial charge in [-0.1, -0.05) is 12.1 Å². The average molecular weight is 315 g/mol. The number of hydrogen-bond acceptors (Lipinski definition) is 3. The van der Waals surface area contributed by atoms with Gasteiger partial charge in [-0.3, -0.25) is 5.84 Å². The molecule has 0 spiro atoms. The van der Waals surface area contributed by atoms with Crippen LogP contribution in [0, 0.1) is 12.7 Å². The summed E-state index contributed by atoms with van der Waals surface area (Å²) in [5.41, 5.74) is 3.21. The van der Waals surface area contributed by atoms with Crippen molar-refractivity contribution in [1.29, 1.82) is 0 Å². The van der Waals surface area contributed by atoms with E-state index in [1.54, 1.807) is 29.5 Å². The quantitative estimate of drug-likeness (QED) is 0.672. The van der Waals surface area contributed by atoms with Gasteiger partial charge in [0.25, 0.3) is 0 Å². The lowest BCUT2D eigenvalue weighted by atomic mass is 10.1. The van der Waals surface area contributed by atoms with Gasteiger partial charge in [-0.25, -0.2) is 9.82 Å². The van der Waals surface area contributed by atoms with Crippen LogP contribution < -0.4 is 11.3 Å². The Bertz CT molecular complexity index is 527. The van der Waals surface area contributed by atoms with Crippen LogP contribution in [0.4, 0.5) is 4.39 Å². The number of nitrogens with two attached hydrogens (primary N) is 1. The normalized spacial score (nSPS) is 12.7. The zero-order valence-electron chi connectivity index (χ0n) is 9.21. The number of aryl methyl sites for hydroxylation is 1. The predicted molar refractivity (Wildman–Crippen MR) is 72.3 cm³/mol. The summed E-state index contributed by atoms with van der Waals surface area (Å²) in [6.07, 6.45) is 0. The molecule has 0 aliphatic heterocycles. The van der Waals surface area contributed by atoms with E-state index in [1.165, 1.54) is 4.88 Å². The lowest BCUT2D eigenvalue weighted by Gasteiger charge is -2.16. The van der Waals surface area contributed by atoms with Crippen molar-refractivity contribution in [3.8, 4) is 0 Å². The van der Waals surface area contributed by atoms with E-state index in [9.17, 15) is 4.39 Å². The van der Waals surface area contributed by atoms with Crippen molar-refractivity contribution >= 4 is 27.3 Å². The molecule has 5 heteroatoms. The van der Waals surface area contributed by atoms with Gasteiger partial charge >= 0.3 is 0 Å². The van der Waals surface area contributed by atoms with Crippen LogP contribution in [0.3, 0.4) is 0 Å². The molecule has 2 rings (SSSR count). The van der Waals surface area contributed by atoms with Crippen molar-refractivity contribution in [1.82, 2.24) is 5.43 Å². The minimum absolute atomic E-state index is 0.276. The van der Waals surface area contributed by atoms with Gasteiger partial charge in [-0.15, -0.1) is 11.3 Å². The Balaban J connectivity index is 2.45. The van der Waals surface area contributed by atoms with Crippen molar-refractivity contribution in [2.45, 2.75) is 13.0 Å². The van der Waals surface area contributed by atoms with Crippen LogP contribution in [0.25, 0.3) is 0 Å². The van der Waals surface area contributed by atoms with Crippen molar-refractivity contribution in [2.24, 2.45) is 5.84 Å². The highest BCUT2D eigenvalue weighted by Crippen LogP contribution is 2.31. The summed E-state index contributed by atoms with van der Waals surface area (Å²) in [7, 11) is 0. The fourth-order valence-corrected chi connectivity index (χ4v) is 3.02. The molecule has 17 heavy (non-hydrogen) atoms. The van der Waals surface area contributed by atoms with Crippen LogP contribution in [0.5, 0.6) is 0 Å². The van der Waals surface area contributed by atoms with Crippen molar-refractivity contribution in [3.63, 3.8) is 0 Å². The number of nitrogens with one attached hydrogen (secondary N) is 1. The minimum Gasteiger partial charge on any atom is -0.271 e. The Labute approximate surface area is 112 Å². The first-order valence-electron chi connectivity index (χ1n) is 5.10. The summed E-state index contributed by atoms with van der Waals surface area (Å²) in [5, 5.41) is 0. The molecular weight excluding hydrogens is 303 g/mol. The first kappa shape index (κ1) is 12.7. The van der Waals surface area contributed by atoms with Crippen LogP contribution in [-0.2, 0) is 0 Å². The van der Waals surface area contributed by atoms with Gasteiger partial charge < -0.3 is 0 Å². The molecule has 0 amide bonds. The monoisotopic (exact) mass is 314 g/mol. The van der Waals surface area contributed by atoms with Crippen molar-refractivity contribution in [3.05, 3.63) is 55.9 Å². The molecule has 1 heterocycles. The lowest BCUT2D eigenvalue weighted by Crippen LogP contribution is -2.29. The second kappa shape index (κ2) is 5.27. The van der Waals surface area contributed by atoms with E-state index in [0.717, 1.165) is 4.88 Å². The van der Waals surface area contributed by atoms with Crippen LogP contribution >= 0.6 is 27.3 Å². The standard InChI is InChI=1S/C12H12BrFN2S/c1-7-5-6-10(17-7)12(16-15)8-3-2-4-9(13)11(8)14/h2-6,12,16H,15H2,1H3. The molecule has 0 aliphatic rings. The maximum atomic E-state index is 14.0. The largest absolute Gasteiger partial charge is 0.271 e. The molecule has 0 aliphatic carbocycles. The molecule has 90 valence electrons. The third kappa shape index (κ3) is 2.57. The van der Waals surface area contributed by atoms with E-state index < -0.39 is 0 Å². The molecule has 1 atom stereocenters. The second-order valence-electron chi connectivity index (χ2n) is 3.69. The Morgan fingerprint density at radius 3 is 2.71 bits per heavy atom. The molecular formula is C12H12BrFN2S. The maximum absolute atomic E-state index is 14.0. The molecule has 2 aromatic rings. The third-order valence-corrected chi connectivity index (χ3v) is 4.18. The first-order chi connectivity index (χ1) is 8.13. The topological polar surface area (TPSA) is 38.0 Å². The van der Waals surface area contributed by atoms with Crippen LogP contribution in [0.2, 0.25) is 0 Å². The van der Waals surface area contributed by atoms with Gasteiger partial charge in [0.05, 0.1) is 10.5 Å². The van der Waals surface area contributed by atoms with E-state index in [4.69, 9.17) is 5.84 Å². The minimum atomic E-state index is -0.314. The fraction of sp³-hybridized carbons (Fsp3) is 0.167. The zero-order chi connectivity index (χ0) is 12.4. The van der Waals surface area contributed by atoms with E-state index >= 15 is 0 Å².